The molecular weight excluding hydrogens is 397 g/mol. The lowest BCUT2D eigenvalue weighted by Crippen LogP contribution is -2.29. The van der Waals surface area contributed by atoms with Crippen LogP contribution in [0.4, 0.5) is 4.39 Å². The summed E-state index contributed by atoms with van der Waals surface area (Å²) in [6.45, 7) is 0.0442. The van der Waals surface area contributed by atoms with Crippen molar-refractivity contribution >= 4 is 29.1 Å². The van der Waals surface area contributed by atoms with Gasteiger partial charge in [0.2, 0.25) is 0 Å². The Kier molecular flexibility index (Phi) is 4.94. The first-order valence-corrected chi connectivity index (χ1v) is 9.15. The van der Waals surface area contributed by atoms with Crippen molar-refractivity contribution in [1.82, 2.24) is 4.90 Å². The first-order chi connectivity index (χ1) is 14.0. The maximum atomic E-state index is 13.2. The number of aliphatic hydroxyl groups excluding tert-OH is 1. The molecule has 0 saturated carbocycles. The number of Topliss-reactive ketones (excluding diaryl/α,β-unsaturated/α-hetero) is 1. The van der Waals surface area contributed by atoms with Gasteiger partial charge >= 0.3 is 0 Å². The molecule has 1 amide bonds. The number of rotatable bonds is 4. The van der Waals surface area contributed by atoms with Crippen LogP contribution in [0.1, 0.15) is 22.9 Å². The molecule has 2 heterocycles. The molecule has 0 aliphatic carbocycles. The van der Waals surface area contributed by atoms with Crippen LogP contribution in [0.15, 0.2) is 76.9 Å². The molecule has 1 fully saturated rings. The van der Waals surface area contributed by atoms with Crippen molar-refractivity contribution in [3.8, 4) is 0 Å². The smallest absolute Gasteiger partial charge is 0.296 e. The number of nitrogens with zero attached hydrogens (tertiary/aromatic N) is 1. The zero-order valence-electron chi connectivity index (χ0n) is 15.0. The van der Waals surface area contributed by atoms with Crippen LogP contribution in [0.5, 0.6) is 0 Å². The maximum absolute atomic E-state index is 13.2. The van der Waals surface area contributed by atoms with E-state index >= 15 is 0 Å². The van der Waals surface area contributed by atoms with Crippen LogP contribution < -0.4 is 0 Å². The third kappa shape index (κ3) is 3.54. The van der Waals surface area contributed by atoms with Crippen LogP contribution >= 0.6 is 11.6 Å². The summed E-state index contributed by atoms with van der Waals surface area (Å²) < 4.78 is 18.7. The van der Waals surface area contributed by atoms with Gasteiger partial charge in [0.1, 0.15) is 23.4 Å². The minimum absolute atomic E-state index is 0.0442. The van der Waals surface area contributed by atoms with Crippen LogP contribution in [0.2, 0.25) is 5.02 Å². The first kappa shape index (κ1) is 19.0. The summed E-state index contributed by atoms with van der Waals surface area (Å²) in [5, 5.41) is 11.2. The topological polar surface area (TPSA) is 70.8 Å². The Labute approximate surface area is 170 Å². The van der Waals surface area contributed by atoms with Crippen molar-refractivity contribution in [3.05, 3.63) is 100 Å². The Morgan fingerprint density at radius 3 is 2.52 bits per heavy atom. The van der Waals surface area contributed by atoms with E-state index in [1.807, 2.05) is 0 Å². The number of amides is 1. The van der Waals surface area contributed by atoms with Crippen molar-refractivity contribution in [1.29, 1.82) is 0 Å². The van der Waals surface area contributed by atoms with Crippen LogP contribution in [0.25, 0.3) is 5.76 Å². The second kappa shape index (κ2) is 7.56. The van der Waals surface area contributed by atoms with Crippen molar-refractivity contribution < 1.29 is 23.5 Å². The Hall–Kier alpha value is -3.38. The molecule has 1 saturated heterocycles. The molecule has 0 spiro atoms. The number of hydrogen-bond donors (Lipinski definition) is 1. The zero-order valence-corrected chi connectivity index (χ0v) is 15.8. The van der Waals surface area contributed by atoms with Gasteiger partial charge in [0.25, 0.3) is 11.7 Å². The number of benzene rings is 2. The van der Waals surface area contributed by atoms with E-state index in [4.69, 9.17) is 16.0 Å². The van der Waals surface area contributed by atoms with E-state index in [1.165, 1.54) is 41.5 Å². The van der Waals surface area contributed by atoms with Crippen LogP contribution in [-0.4, -0.2) is 21.7 Å². The van der Waals surface area contributed by atoms with Gasteiger partial charge in [-0.05, 0) is 42.0 Å². The van der Waals surface area contributed by atoms with Gasteiger partial charge in [0.15, 0.2) is 0 Å². The summed E-state index contributed by atoms with van der Waals surface area (Å²) >= 11 is 6.00. The number of furan rings is 1. The predicted molar refractivity (Wildman–Crippen MR) is 104 cm³/mol. The fourth-order valence-electron chi connectivity index (χ4n) is 3.36. The minimum atomic E-state index is -0.922. The highest BCUT2D eigenvalue weighted by Crippen LogP contribution is 2.40. The first-order valence-electron chi connectivity index (χ1n) is 8.78. The number of carbonyl (C=O) groups excluding carboxylic acids is 2. The highest BCUT2D eigenvalue weighted by Gasteiger charge is 2.47. The third-order valence-electron chi connectivity index (χ3n) is 4.72. The van der Waals surface area contributed by atoms with E-state index in [9.17, 15) is 19.1 Å². The average Bonchev–Trinajstić information content (AvgIpc) is 3.32. The molecule has 1 aliphatic heterocycles. The van der Waals surface area contributed by atoms with Crippen molar-refractivity contribution in [3.63, 3.8) is 0 Å². The number of carbonyl (C=O) groups is 2. The monoisotopic (exact) mass is 411 g/mol. The molecule has 2 aromatic carbocycles. The third-order valence-corrected chi connectivity index (χ3v) is 4.95. The van der Waals surface area contributed by atoms with Crippen LogP contribution in [0.3, 0.4) is 0 Å². The minimum Gasteiger partial charge on any atom is -0.507 e. The normalized spacial score (nSPS) is 18.4. The molecular formula is C22H15ClFNO4. The van der Waals surface area contributed by atoms with Crippen molar-refractivity contribution in [2.45, 2.75) is 12.6 Å². The van der Waals surface area contributed by atoms with Crippen LogP contribution in [-0.2, 0) is 16.1 Å². The molecule has 1 aliphatic rings. The summed E-state index contributed by atoms with van der Waals surface area (Å²) in [6, 6.07) is 14.3. The molecule has 1 N–H and O–H groups in total. The lowest BCUT2D eigenvalue weighted by Gasteiger charge is -2.23. The second-order valence-electron chi connectivity index (χ2n) is 6.58. The van der Waals surface area contributed by atoms with Gasteiger partial charge < -0.3 is 14.4 Å². The van der Waals surface area contributed by atoms with Gasteiger partial charge in [-0.25, -0.2) is 4.39 Å². The van der Waals surface area contributed by atoms with E-state index < -0.39 is 23.5 Å². The number of aliphatic hydroxyl groups is 1. The van der Waals surface area contributed by atoms with E-state index in [0.29, 0.717) is 21.9 Å². The molecule has 7 heteroatoms. The van der Waals surface area contributed by atoms with Gasteiger partial charge in [-0.15, -0.1) is 0 Å². The zero-order chi connectivity index (χ0) is 20.5. The molecule has 0 bridgehead atoms. The lowest BCUT2D eigenvalue weighted by atomic mass is 9.99. The number of ketones is 1. The Bertz CT molecular complexity index is 1110. The second-order valence-corrected chi connectivity index (χ2v) is 7.02. The fraction of sp³-hybridized carbons (Fsp3) is 0.0909. The summed E-state index contributed by atoms with van der Waals surface area (Å²) in [5.41, 5.74) is 0.857. The molecule has 1 unspecified atom stereocenters. The van der Waals surface area contributed by atoms with E-state index in [0.717, 1.165) is 0 Å². The quantitative estimate of drug-likeness (QED) is 0.384. The van der Waals surface area contributed by atoms with Gasteiger partial charge in [-0.1, -0.05) is 35.9 Å². The molecule has 0 radical (unpaired) electrons. The Morgan fingerprint density at radius 2 is 1.86 bits per heavy atom. The molecule has 146 valence electrons. The molecule has 1 atom stereocenters. The Morgan fingerprint density at radius 1 is 1.10 bits per heavy atom. The average molecular weight is 412 g/mol. The van der Waals surface area contributed by atoms with Crippen molar-refractivity contribution in [2.24, 2.45) is 0 Å². The predicted octanol–water partition coefficient (Wildman–Crippen LogP) is 4.69. The van der Waals surface area contributed by atoms with E-state index in [1.54, 1.807) is 30.3 Å². The Balaban J connectivity index is 1.82. The summed E-state index contributed by atoms with van der Waals surface area (Å²) in [7, 11) is 0. The number of halogens is 2. The van der Waals surface area contributed by atoms with Crippen LogP contribution in [0, 0.1) is 5.82 Å². The largest absolute Gasteiger partial charge is 0.507 e. The molecule has 29 heavy (non-hydrogen) atoms. The highest BCUT2D eigenvalue weighted by molar-refractivity contribution is 6.46. The van der Waals surface area contributed by atoms with Gasteiger partial charge in [0.05, 0.1) is 11.8 Å². The van der Waals surface area contributed by atoms with Crippen molar-refractivity contribution in [2.75, 3.05) is 0 Å². The van der Waals surface area contributed by atoms with E-state index in [2.05, 4.69) is 0 Å². The molecule has 4 rings (SSSR count). The van der Waals surface area contributed by atoms with Gasteiger partial charge in [-0.3, -0.25) is 9.59 Å². The summed E-state index contributed by atoms with van der Waals surface area (Å²) in [5.74, 6) is -2.02. The fourth-order valence-corrected chi connectivity index (χ4v) is 3.55. The SMILES string of the molecule is O=C1C(=O)N(Cc2ccc(F)cc2)C(c2ccco2)/C1=C(/O)c1cccc(Cl)c1. The highest BCUT2D eigenvalue weighted by atomic mass is 35.5. The molecule has 5 nitrogen and oxygen atoms in total. The van der Waals surface area contributed by atoms with E-state index in [-0.39, 0.29) is 17.9 Å². The standard InChI is InChI=1S/C22H15ClFNO4/c23-15-4-1-3-14(11-15)20(26)18-19(17-5-2-10-29-17)25(22(28)21(18)27)12-13-6-8-16(24)9-7-13/h1-11,19,26H,12H2/b20-18-. The number of hydrogen-bond acceptors (Lipinski definition) is 4. The van der Waals surface area contributed by atoms with Gasteiger partial charge in [0, 0.05) is 17.1 Å². The number of likely N-dealkylation sites (tertiary alicyclic amines) is 1. The molecule has 1 aromatic heterocycles. The lowest BCUT2D eigenvalue weighted by molar-refractivity contribution is -0.140. The summed E-state index contributed by atoms with van der Waals surface area (Å²) in [4.78, 5) is 26.9. The molecule has 3 aromatic rings. The van der Waals surface area contributed by atoms with Gasteiger partial charge in [-0.2, -0.15) is 0 Å². The summed E-state index contributed by atoms with van der Waals surface area (Å²) in [6.07, 6.45) is 1.42. The maximum Gasteiger partial charge on any atom is 0.296 e.